The molecule has 0 aliphatic rings. The minimum Gasteiger partial charge on any atom is -0.497 e. The molecular weight excluding hydrogens is 430 g/mol. The lowest BCUT2D eigenvalue weighted by Crippen LogP contribution is -2.13. The Morgan fingerprint density at radius 3 is 2.35 bits per heavy atom. The van der Waals surface area contributed by atoms with Crippen LogP contribution in [0.2, 0.25) is 0 Å². The standard InChI is InChI=1S/C28H25NO5/c1-17-4-5-20(14-18(17)2)24(30)11-13-28(32)29-21-8-6-19(7-9-21)27-16-25(31)23-15-22(33-3)10-12-26(23)34-27/h4-10,12,14-16H,11,13H2,1-3H3,(H,29,32). The zero-order chi connectivity index (χ0) is 24.2. The number of carbonyl (C=O) groups is 2. The van der Waals surface area contributed by atoms with Gasteiger partial charge in [-0.05, 0) is 73.5 Å². The Kier molecular flexibility index (Phi) is 6.59. The third-order valence-electron chi connectivity index (χ3n) is 5.80. The average molecular weight is 456 g/mol. The van der Waals surface area contributed by atoms with Crippen molar-refractivity contribution in [2.75, 3.05) is 12.4 Å². The molecule has 3 aromatic carbocycles. The maximum absolute atomic E-state index is 12.5. The van der Waals surface area contributed by atoms with Crippen molar-refractivity contribution in [3.05, 3.63) is 93.6 Å². The lowest BCUT2D eigenvalue weighted by molar-refractivity contribution is -0.116. The average Bonchev–Trinajstić information content (AvgIpc) is 2.84. The van der Waals surface area contributed by atoms with Crippen LogP contribution in [0.5, 0.6) is 5.75 Å². The van der Waals surface area contributed by atoms with Gasteiger partial charge in [0.1, 0.15) is 17.1 Å². The molecule has 4 aromatic rings. The van der Waals surface area contributed by atoms with E-state index in [-0.39, 0.29) is 30.0 Å². The number of carbonyl (C=O) groups excluding carboxylic acids is 2. The molecule has 0 saturated heterocycles. The molecule has 0 fully saturated rings. The molecule has 0 aliphatic heterocycles. The quantitative estimate of drug-likeness (QED) is 0.362. The Balaban J connectivity index is 1.40. The van der Waals surface area contributed by atoms with Gasteiger partial charge in [0, 0.05) is 35.7 Å². The highest BCUT2D eigenvalue weighted by atomic mass is 16.5. The monoisotopic (exact) mass is 455 g/mol. The minimum absolute atomic E-state index is 0.0578. The third kappa shape index (κ3) is 5.07. The highest BCUT2D eigenvalue weighted by Gasteiger charge is 2.12. The van der Waals surface area contributed by atoms with Gasteiger partial charge >= 0.3 is 0 Å². The van der Waals surface area contributed by atoms with Crippen molar-refractivity contribution >= 4 is 28.3 Å². The lowest BCUT2D eigenvalue weighted by Gasteiger charge is -2.08. The molecule has 6 heteroatoms. The van der Waals surface area contributed by atoms with E-state index in [1.165, 1.54) is 6.07 Å². The van der Waals surface area contributed by atoms with Gasteiger partial charge < -0.3 is 14.5 Å². The van der Waals surface area contributed by atoms with Crippen molar-refractivity contribution in [2.45, 2.75) is 26.7 Å². The lowest BCUT2D eigenvalue weighted by atomic mass is 10.0. The van der Waals surface area contributed by atoms with Gasteiger partial charge in [-0.1, -0.05) is 12.1 Å². The van der Waals surface area contributed by atoms with Crippen LogP contribution in [0.25, 0.3) is 22.3 Å². The fourth-order valence-corrected chi connectivity index (χ4v) is 3.63. The topological polar surface area (TPSA) is 85.6 Å². The van der Waals surface area contributed by atoms with E-state index in [0.717, 1.165) is 11.1 Å². The third-order valence-corrected chi connectivity index (χ3v) is 5.80. The van der Waals surface area contributed by atoms with Gasteiger partial charge in [-0.3, -0.25) is 14.4 Å². The van der Waals surface area contributed by atoms with Crippen molar-refractivity contribution in [3.63, 3.8) is 0 Å². The number of rotatable bonds is 7. The smallest absolute Gasteiger partial charge is 0.224 e. The van der Waals surface area contributed by atoms with Crippen LogP contribution in [-0.4, -0.2) is 18.8 Å². The summed E-state index contributed by atoms with van der Waals surface area (Å²) >= 11 is 0. The molecule has 0 unspecified atom stereocenters. The van der Waals surface area contributed by atoms with Crippen LogP contribution in [0.15, 0.2) is 75.9 Å². The molecule has 1 aromatic heterocycles. The van der Waals surface area contributed by atoms with Gasteiger partial charge in [0.25, 0.3) is 0 Å². The molecule has 0 radical (unpaired) electrons. The van der Waals surface area contributed by atoms with Crippen molar-refractivity contribution in [1.82, 2.24) is 0 Å². The predicted octanol–water partition coefficient (Wildman–Crippen LogP) is 5.69. The van der Waals surface area contributed by atoms with E-state index < -0.39 is 0 Å². The van der Waals surface area contributed by atoms with Gasteiger partial charge in [0.2, 0.25) is 5.91 Å². The van der Waals surface area contributed by atoms with Gasteiger partial charge in [0.15, 0.2) is 11.2 Å². The Hall–Kier alpha value is -4.19. The fraction of sp³-hybridized carbons (Fsp3) is 0.179. The van der Waals surface area contributed by atoms with Crippen LogP contribution in [0.1, 0.15) is 34.3 Å². The number of fused-ring (bicyclic) bond motifs is 1. The number of aryl methyl sites for hydroxylation is 2. The summed E-state index contributed by atoms with van der Waals surface area (Å²) in [4.78, 5) is 37.3. The molecule has 34 heavy (non-hydrogen) atoms. The second-order valence-electron chi connectivity index (χ2n) is 8.18. The highest BCUT2D eigenvalue weighted by molar-refractivity contribution is 6.00. The number of benzene rings is 3. The molecule has 1 amide bonds. The van der Waals surface area contributed by atoms with E-state index in [4.69, 9.17) is 9.15 Å². The summed E-state index contributed by atoms with van der Waals surface area (Å²) in [5, 5.41) is 3.25. The minimum atomic E-state index is -0.240. The maximum atomic E-state index is 12.5. The van der Waals surface area contributed by atoms with Crippen LogP contribution >= 0.6 is 0 Å². The van der Waals surface area contributed by atoms with Gasteiger partial charge in [-0.25, -0.2) is 0 Å². The fourth-order valence-electron chi connectivity index (χ4n) is 3.63. The molecule has 6 nitrogen and oxygen atoms in total. The molecule has 0 bridgehead atoms. The second-order valence-corrected chi connectivity index (χ2v) is 8.18. The molecule has 4 rings (SSSR count). The second kappa shape index (κ2) is 9.75. The van der Waals surface area contributed by atoms with Gasteiger partial charge in [-0.2, -0.15) is 0 Å². The predicted molar refractivity (Wildman–Crippen MR) is 133 cm³/mol. The SMILES string of the molecule is COc1ccc2oc(-c3ccc(NC(=O)CCC(=O)c4ccc(C)c(C)c4)cc3)cc(=O)c2c1. The number of nitrogens with one attached hydrogen (secondary N) is 1. The highest BCUT2D eigenvalue weighted by Crippen LogP contribution is 2.25. The van der Waals surface area contributed by atoms with Crippen molar-refractivity contribution in [2.24, 2.45) is 0 Å². The number of hydrogen-bond donors (Lipinski definition) is 1. The summed E-state index contributed by atoms with van der Waals surface area (Å²) in [5.41, 5.74) is 4.40. The molecule has 0 atom stereocenters. The maximum Gasteiger partial charge on any atom is 0.224 e. The van der Waals surface area contributed by atoms with Crippen LogP contribution in [-0.2, 0) is 4.79 Å². The van der Waals surface area contributed by atoms with Crippen molar-refractivity contribution < 1.29 is 18.7 Å². The van der Waals surface area contributed by atoms with Crippen LogP contribution in [0.3, 0.4) is 0 Å². The summed E-state index contributed by atoms with van der Waals surface area (Å²) in [6, 6.07) is 19.1. The first-order valence-corrected chi connectivity index (χ1v) is 11.0. The number of ether oxygens (including phenoxy) is 1. The van der Waals surface area contributed by atoms with E-state index in [9.17, 15) is 14.4 Å². The summed E-state index contributed by atoms with van der Waals surface area (Å²) in [7, 11) is 1.54. The first-order chi connectivity index (χ1) is 16.3. The zero-order valence-corrected chi connectivity index (χ0v) is 19.3. The van der Waals surface area contributed by atoms with Gasteiger partial charge in [0.05, 0.1) is 12.5 Å². The van der Waals surface area contributed by atoms with E-state index >= 15 is 0 Å². The van der Waals surface area contributed by atoms with Crippen LogP contribution < -0.4 is 15.5 Å². The van der Waals surface area contributed by atoms with Crippen molar-refractivity contribution in [3.8, 4) is 17.1 Å². The van der Waals surface area contributed by atoms with Crippen LogP contribution in [0.4, 0.5) is 5.69 Å². The Labute approximate surface area is 197 Å². The normalized spacial score (nSPS) is 10.8. The Morgan fingerprint density at radius 2 is 1.65 bits per heavy atom. The van der Waals surface area contributed by atoms with Crippen LogP contribution in [0, 0.1) is 13.8 Å². The number of anilines is 1. The zero-order valence-electron chi connectivity index (χ0n) is 19.3. The van der Waals surface area contributed by atoms with E-state index in [0.29, 0.717) is 39.3 Å². The largest absolute Gasteiger partial charge is 0.497 e. The summed E-state index contributed by atoms with van der Waals surface area (Å²) in [6.07, 6.45) is 0.232. The first-order valence-electron chi connectivity index (χ1n) is 11.0. The van der Waals surface area contributed by atoms with E-state index in [1.54, 1.807) is 55.6 Å². The molecule has 1 N–H and O–H groups in total. The molecule has 0 spiro atoms. The number of amides is 1. The number of ketones is 1. The molecular formula is C28H25NO5. The van der Waals surface area contributed by atoms with E-state index in [2.05, 4.69) is 5.32 Å². The van der Waals surface area contributed by atoms with E-state index in [1.807, 2.05) is 26.0 Å². The molecule has 0 saturated carbocycles. The molecule has 0 aliphatic carbocycles. The Morgan fingerprint density at radius 1 is 0.882 bits per heavy atom. The Bertz CT molecular complexity index is 1430. The summed E-state index contributed by atoms with van der Waals surface area (Å²) in [5.74, 6) is 0.719. The summed E-state index contributed by atoms with van der Waals surface area (Å²) < 4.78 is 11.1. The first kappa shape index (κ1) is 23.0. The van der Waals surface area contributed by atoms with Crippen molar-refractivity contribution in [1.29, 1.82) is 0 Å². The number of hydrogen-bond acceptors (Lipinski definition) is 5. The summed E-state index contributed by atoms with van der Waals surface area (Å²) in [6.45, 7) is 3.95. The van der Waals surface area contributed by atoms with Gasteiger partial charge in [-0.15, -0.1) is 0 Å². The molecule has 1 heterocycles. The molecule has 172 valence electrons. The number of methoxy groups -OCH3 is 1. The number of Topliss-reactive ketones (excluding diaryl/α,β-unsaturated/α-hetero) is 1.